The number of nitrogens with zero attached hydrogens (tertiary/aromatic N) is 3. The van der Waals surface area contributed by atoms with Gasteiger partial charge < -0.3 is 15.0 Å². The number of hydrogen-bond donors (Lipinski definition) is 1. The molecule has 1 heterocycles. The van der Waals surface area contributed by atoms with Gasteiger partial charge in [-0.1, -0.05) is 6.92 Å². The summed E-state index contributed by atoms with van der Waals surface area (Å²) in [7, 11) is 0.872. The van der Waals surface area contributed by atoms with Gasteiger partial charge in [0, 0.05) is 39.5 Å². The highest BCUT2D eigenvalue weighted by molar-refractivity contribution is 7.90. The Bertz CT molecular complexity index is 467. The molecule has 8 heteroatoms. The molecule has 0 saturated carbocycles. The summed E-state index contributed by atoms with van der Waals surface area (Å²) in [6, 6.07) is 0.592. The molecule has 1 rings (SSSR count). The zero-order chi connectivity index (χ0) is 17.3. The fourth-order valence-corrected chi connectivity index (χ4v) is 3.27. The van der Waals surface area contributed by atoms with Crippen LogP contribution in [-0.2, 0) is 14.6 Å². The first-order valence-corrected chi connectivity index (χ1v) is 10.3. The summed E-state index contributed by atoms with van der Waals surface area (Å²) >= 11 is 0. The lowest BCUT2D eigenvalue weighted by molar-refractivity contribution is 0.153. The van der Waals surface area contributed by atoms with E-state index in [0.29, 0.717) is 19.2 Å². The molecule has 7 nitrogen and oxygen atoms in total. The van der Waals surface area contributed by atoms with Crippen LogP contribution in [0.1, 0.15) is 19.8 Å². The van der Waals surface area contributed by atoms with Crippen molar-refractivity contribution in [3.63, 3.8) is 0 Å². The lowest BCUT2D eigenvalue weighted by Crippen LogP contribution is -2.46. The van der Waals surface area contributed by atoms with Gasteiger partial charge in [-0.3, -0.25) is 9.89 Å². The van der Waals surface area contributed by atoms with E-state index in [1.807, 2.05) is 7.05 Å². The minimum Gasteiger partial charge on any atom is -0.379 e. The number of likely N-dealkylation sites (tertiary alicyclic amines) is 1. The molecule has 0 amide bonds. The van der Waals surface area contributed by atoms with Crippen molar-refractivity contribution < 1.29 is 13.2 Å². The van der Waals surface area contributed by atoms with Gasteiger partial charge in [-0.15, -0.1) is 0 Å². The first-order chi connectivity index (χ1) is 10.9. The minimum absolute atomic E-state index is 0.0656. The van der Waals surface area contributed by atoms with E-state index >= 15 is 0 Å². The third-order valence-corrected chi connectivity index (χ3v) is 5.00. The van der Waals surface area contributed by atoms with Gasteiger partial charge >= 0.3 is 0 Å². The van der Waals surface area contributed by atoms with Gasteiger partial charge in [0.2, 0.25) is 0 Å². The Hall–Kier alpha value is -0.860. The number of likely N-dealkylation sites (N-methyl/N-ethyl adjacent to an activating group) is 2. The second-order valence-corrected chi connectivity index (χ2v) is 8.28. The van der Waals surface area contributed by atoms with Gasteiger partial charge in [-0.25, -0.2) is 8.42 Å². The molecule has 0 aliphatic carbocycles. The smallest absolute Gasteiger partial charge is 0.193 e. The lowest BCUT2D eigenvalue weighted by atomic mass is 10.2. The van der Waals surface area contributed by atoms with Crippen molar-refractivity contribution in [2.24, 2.45) is 4.99 Å². The number of nitrogens with one attached hydrogen (secondary N) is 1. The minimum atomic E-state index is -2.95. The maximum absolute atomic E-state index is 11.0. The van der Waals surface area contributed by atoms with E-state index in [4.69, 9.17) is 4.74 Å². The van der Waals surface area contributed by atoms with Crippen LogP contribution < -0.4 is 5.32 Å². The zero-order valence-electron chi connectivity index (χ0n) is 14.9. The molecule has 1 atom stereocenters. The third-order valence-electron chi connectivity index (χ3n) is 4.09. The fourth-order valence-electron chi connectivity index (χ4n) is 2.85. The maximum atomic E-state index is 11.0. The Morgan fingerprint density at radius 2 is 2.17 bits per heavy atom. The molecule has 1 fully saturated rings. The first kappa shape index (κ1) is 20.2. The van der Waals surface area contributed by atoms with E-state index in [1.165, 1.54) is 25.6 Å². The normalized spacial score (nSPS) is 20.0. The summed E-state index contributed by atoms with van der Waals surface area (Å²) in [4.78, 5) is 8.96. The van der Waals surface area contributed by atoms with Crippen LogP contribution in [0.15, 0.2) is 4.99 Å². The van der Waals surface area contributed by atoms with Crippen LogP contribution in [0.25, 0.3) is 0 Å². The van der Waals surface area contributed by atoms with Crippen molar-refractivity contribution in [1.29, 1.82) is 0 Å². The van der Waals surface area contributed by atoms with Crippen molar-refractivity contribution >= 4 is 15.8 Å². The Balaban J connectivity index is 2.25. The van der Waals surface area contributed by atoms with Crippen molar-refractivity contribution in [3.8, 4) is 0 Å². The summed E-state index contributed by atoms with van der Waals surface area (Å²) in [6.45, 7) is 6.77. The number of aliphatic imine (C=N–C) groups is 1. The summed E-state index contributed by atoms with van der Waals surface area (Å²) in [5, 5.41) is 3.26. The molecule has 1 N–H and O–H groups in total. The molecule has 1 saturated heterocycles. The van der Waals surface area contributed by atoms with Crippen LogP contribution in [0.4, 0.5) is 0 Å². The van der Waals surface area contributed by atoms with E-state index in [2.05, 4.69) is 27.0 Å². The Morgan fingerprint density at radius 3 is 2.78 bits per heavy atom. The number of guanidine groups is 1. The Labute approximate surface area is 141 Å². The van der Waals surface area contributed by atoms with Gasteiger partial charge in [0.25, 0.3) is 0 Å². The second kappa shape index (κ2) is 10.1. The third kappa shape index (κ3) is 7.99. The first-order valence-electron chi connectivity index (χ1n) is 8.28. The summed E-state index contributed by atoms with van der Waals surface area (Å²) < 4.78 is 27.3. The van der Waals surface area contributed by atoms with Crippen molar-refractivity contribution in [1.82, 2.24) is 15.1 Å². The monoisotopic (exact) mass is 348 g/mol. The lowest BCUT2D eigenvalue weighted by Gasteiger charge is -2.29. The van der Waals surface area contributed by atoms with Crippen LogP contribution in [-0.4, -0.2) is 95.7 Å². The molecule has 1 aliphatic rings. The largest absolute Gasteiger partial charge is 0.379 e. The van der Waals surface area contributed by atoms with Gasteiger partial charge in [0.05, 0.1) is 19.0 Å². The van der Waals surface area contributed by atoms with E-state index < -0.39 is 9.84 Å². The molecule has 23 heavy (non-hydrogen) atoms. The summed E-state index contributed by atoms with van der Waals surface area (Å²) in [5.74, 6) is 0.913. The molecular formula is C15H32N4O3S. The van der Waals surface area contributed by atoms with E-state index in [9.17, 15) is 8.42 Å². The fraction of sp³-hybridized carbons (Fsp3) is 0.933. The molecule has 136 valence electrons. The number of rotatable bonds is 9. The van der Waals surface area contributed by atoms with Crippen LogP contribution >= 0.6 is 0 Å². The van der Waals surface area contributed by atoms with Crippen molar-refractivity contribution in [3.05, 3.63) is 0 Å². The summed E-state index contributed by atoms with van der Waals surface area (Å²) in [5.41, 5.74) is 0. The molecular weight excluding hydrogens is 316 g/mol. The van der Waals surface area contributed by atoms with Crippen LogP contribution in [0.5, 0.6) is 0 Å². The van der Waals surface area contributed by atoms with Gasteiger partial charge in [-0.05, 0) is 25.9 Å². The number of sulfone groups is 1. The number of ether oxygens (including phenoxy) is 1. The van der Waals surface area contributed by atoms with Crippen molar-refractivity contribution in [2.45, 2.75) is 25.8 Å². The van der Waals surface area contributed by atoms with E-state index in [0.717, 1.165) is 19.0 Å². The predicted molar refractivity (Wildman–Crippen MR) is 94.8 cm³/mol. The molecule has 0 aromatic carbocycles. The van der Waals surface area contributed by atoms with Crippen molar-refractivity contribution in [2.75, 3.05) is 65.5 Å². The molecule has 0 aromatic heterocycles. The molecule has 0 aromatic rings. The topological polar surface area (TPSA) is 74.2 Å². The molecule has 0 bridgehead atoms. The summed E-state index contributed by atoms with van der Waals surface area (Å²) in [6.07, 6.45) is 3.73. The molecule has 1 unspecified atom stereocenters. The zero-order valence-corrected chi connectivity index (χ0v) is 15.7. The predicted octanol–water partition coefficient (Wildman–Crippen LogP) is 0.0391. The van der Waals surface area contributed by atoms with Gasteiger partial charge in [0.15, 0.2) is 5.96 Å². The van der Waals surface area contributed by atoms with Crippen LogP contribution in [0.2, 0.25) is 0 Å². The quantitative estimate of drug-likeness (QED) is 0.360. The van der Waals surface area contributed by atoms with Gasteiger partial charge in [-0.2, -0.15) is 0 Å². The van der Waals surface area contributed by atoms with Gasteiger partial charge in [0.1, 0.15) is 9.84 Å². The van der Waals surface area contributed by atoms with Crippen LogP contribution in [0, 0.1) is 0 Å². The highest BCUT2D eigenvalue weighted by Gasteiger charge is 2.24. The molecule has 0 spiro atoms. The second-order valence-electron chi connectivity index (χ2n) is 6.02. The van der Waals surface area contributed by atoms with Crippen LogP contribution in [0.3, 0.4) is 0 Å². The molecule has 1 aliphatic heterocycles. The maximum Gasteiger partial charge on any atom is 0.193 e. The highest BCUT2D eigenvalue weighted by Crippen LogP contribution is 2.17. The average Bonchev–Trinajstić information content (AvgIpc) is 2.92. The average molecular weight is 349 g/mol. The Kier molecular flexibility index (Phi) is 8.86. The van der Waals surface area contributed by atoms with E-state index in [1.54, 1.807) is 7.05 Å². The highest BCUT2D eigenvalue weighted by atomic mass is 32.2. The van der Waals surface area contributed by atoms with E-state index in [-0.39, 0.29) is 12.4 Å². The standard InChI is InChI=1S/C15H32N4O3S/c1-5-19-9-6-7-14(19)13-18(3)15(16-2)17-8-10-22-11-12-23(4,20)21/h14H,5-13H2,1-4H3,(H,16,17). The number of hydrogen-bond acceptors (Lipinski definition) is 5. The SMILES string of the molecule is CCN1CCCC1CN(C)C(=NC)NCCOCCS(C)(=O)=O. The Morgan fingerprint density at radius 1 is 1.43 bits per heavy atom. The molecule has 0 radical (unpaired) electrons.